The van der Waals surface area contributed by atoms with Gasteiger partial charge in [-0.2, -0.15) is 10.1 Å². The Balaban J connectivity index is 1.44. The molecule has 2 aliphatic rings. The summed E-state index contributed by atoms with van der Waals surface area (Å²) in [5, 5.41) is 7.62. The van der Waals surface area contributed by atoms with Gasteiger partial charge in [0.1, 0.15) is 9.09 Å². The van der Waals surface area contributed by atoms with Crippen LogP contribution in [0.4, 0.5) is 5.95 Å². The maximum Gasteiger partial charge on any atom is 0.266 e. The van der Waals surface area contributed by atoms with Gasteiger partial charge in [0.05, 0.1) is 21.8 Å². The van der Waals surface area contributed by atoms with Crippen molar-refractivity contribution < 1.29 is 4.21 Å². The van der Waals surface area contributed by atoms with Crippen molar-refractivity contribution in [2.45, 2.75) is 50.8 Å². The number of anilines is 1. The standard InChI is InChI=1S/C23H29IN6O2S/c1-22(2,3)33(32)28-17-15-8-6-5-7-14(15)13-23(17)9-11-30(12-10-23)21-25-19-16(18(24)26-27-19)20(31)29(21)4/h5-8,17,28H,9-13H2,1-4H3,(H,26,27)/t17-,33?/m1/s1. The molecule has 1 aromatic carbocycles. The monoisotopic (exact) mass is 580 g/mol. The highest BCUT2D eigenvalue weighted by Crippen LogP contribution is 2.52. The van der Waals surface area contributed by atoms with Gasteiger partial charge in [0.15, 0.2) is 5.65 Å². The summed E-state index contributed by atoms with van der Waals surface area (Å²) in [6.07, 6.45) is 2.82. The molecule has 3 aromatic rings. The molecule has 1 spiro atoms. The van der Waals surface area contributed by atoms with Gasteiger partial charge in [-0.05, 0) is 79.2 Å². The molecule has 1 fully saturated rings. The molecule has 2 atom stereocenters. The molecule has 1 unspecified atom stereocenters. The summed E-state index contributed by atoms with van der Waals surface area (Å²) in [6.45, 7) is 7.57. The SMILES string of the molecule is Cn1c(N2CCC3(CC2)Cc2ccccc2[C@H]3NS(=O)C(C)(C)C)nc2n[nH]c(I)c2c1=O. The van der Waals surface area contributed by atoms with Crippen molar-refractivity contribution in [3.05, 3.63) is 49.4 Å². The van der Waals surface area contributed by atoms with Crippen LogP contribution in [0.15, 0.2) is 29.1 Å². The van der Waals surface area contributed by atoms with Crippen molar-refractivity contribution in [2.24, 2.45) is 12.5 Å². The van der Waals surface area contributed by atoms with Crippen LogP contribution in [-0.2, 0) is 24.5 Å². The van der Waals surface area contributed by atoms with E-state index in [0.717, 1.165) is 32.4 Å². The molecule has 0 bridgehead atoms. The maximum absolute atomic E-state index is 13.1. The lowest BCUT2D eigenvalue weighted by molar-refractivity contribution is 0.176. The van der Waals surface area contributed by atoms with Gasteiger partial charge in [-0.15, -0.1) is 0 Å². The molecule has 2 aromatic heterocycles. The lowest BCUT2D eigenvalue weighted by Gasteiger charge is -2.44. The number of H-pyrrole nitrogens is 1. The Morgan fingerprint density at radius 2 is 1.94 bits per heavy atom. The minimum absolute atomic E-state index is 0.00816. The summed E-state index contributed by atoms with van der Waals surface area (Å²) < 4.78 is 18.6. The minimum atomic E-state index is -1.16. The van der Waals surface area contributed by atoms with Crippen LogP contribution < -0.4 is 15.2 Å². The van der Waals surface area contributed by atoms with E-state index in [-0.39, 0.29) is 21.8 Å². The van der Waals surface area contributed by atoms with E-state index in [1.165, 1.54) is 11.1 Å². The lowest BCUT2D eigenvalue weighted by Crippen LogP contribution is -2.48. The van der Waals surface area contributed by atoms with Crippen LogP contribution in [0, 0.1) is 9.12 Å². The van der Waals surface area contributed by atoms with Gasteiger partial charge < -0.3 is 4.90 Å². The third-order valence-electron chi connectivity index (χ3n) is 7.07. The fourth-order valence-corrected chi connectivity index (χ4v) is 6.71. The van der Waals surface area contributed by atoms with Gasteiger partial charge >= 0.3 is 0 Å². The second-order valence-electron chi connectivity index (χ2n) is 10.2. The number of rotatable bonds is 3. The van der Waals surface area contributed by atoms with E-state index >= 15 is 0 Å². The third-order valence-corrected chi connectivity index (χ3v) is 9.41. The zero-order valence-electron chi connectivity index (χ0n) is 19.3. The molecule has 0 amide bonds. The number of halogens is 1. The van der Waals surface area contributed by atoms with Crippen molar-refractivity contribution in [3.63, 3.8) is 0 Å². The zero-order chi connectivity index (χ0) is 23.5. The van der Waals surface area contributed by atoms with Crippen LogP contribution >= 0.6 is 22.6 Å². The Hall–Kier alpha value is -1.79. The first-order chi connectivity index (χ1) is 15.6. The number of aromatic amines is 1. The molecule has 3 heterocycles. The fraction of sp³-hybridized carbons (Fsp3) is 0.522. The predicted molar refractivity (Wildman–Crippen MR) is 140 cm³/mol. The number of nitrogens with one attached hydrogen (secondary N) is 2. The summed E-state index contributed by atoms with van der Waals surface area (Å²) in [7, 11) is 0.617. The Kier molecular flexibility index (Phi) is 5.68. The van der Waals surface area contributed by atoms with Gasteiger partial charge in [0.25, 0.3) is 5.56 Å². The average Bonchev–Trinajstić information content (AvgIpc) is 3.29. The number of hydrogen-bond donors (Lipinski definition) is 2. The number of benzene rings is 1. The summed E-state index contributed by atoms with van der Waals surface area (Å²) in [5.74, 6) is 0.656. The van der Waals surface area contributed by atoms with Crippen molar-refractivity contribution in [1.29, 1.82) is 0 Å². The topological polar surface area (TPSA) is 95.9 Å². The first-order valence-electron chi connectivity index (χ1n) is 11.2. The van der Waals surface area contributed by atoms with Crippen LogP contribution in [-0.4, -0.2) is 41.8 Å². The van der Waals surface area contributed by atoms with Crippen LogP contribution in [0.25, 0.3) is 11.0 Å². The van der Waals surface area contributed by atoms with Crippen LogP contribution in [0.2, 0.25) is 0 Å². The van der Waals surface area contributed by atoms with E-state index in [4.69, 9.17) is 4.98 Å². The second kappa shape index (κ2) is 8.16. The highest BCUT2D eigenvalue weighted by molar-refractivity contribution is 14.1. The summed E-state index contributed by atoms with van der Waals surface area (Å²) in [5.41, 5.74) is 2.98. The van der Waals surface area contributed by atoms with Gasteiger partial charge in [0, 0.05) is 20.1 Å². The molecule has 1 aliphatic carbocycles. The molecule has 33 heavy (non-hydrogen) atoms. The first kappa shape index (κ1) is 23.0. The Morgan fingerprint density at radius 3 is 2.64 bits per heavy atom. The minimum Gasteiger partial charge on any atom is -0.342 e. The van der Waals surface area contributed by atoms with Gasteiger partial charge in [-0.3, -0.25) is 14.5 Å². The van der Waals surface area contributed by atoms with E-state index < -0.39 is 11.0 Å². The Bertz CT molecular complexity index is 1300. The summed E-state index contributed by atoms with van der Waals surface area (Å²) >= 11 is 2.08. The van der Waals surface area contributed by atoms with E-state index in [1.54, 1.807) is 11.6 Å². The molecular weight excluding hydrogens is 551 g/mol. The van der Waals surface area contributed by atoms with Gasteiger partial charge in [-0.1, -0.05) is 24.3 Å². The van der Waals surface area contributed by atoms with Crippen molar-refractivity contribution >= 4 is 50.6 Å². The van der Waals surface area contributed by atoms with Crippen LogP contribution in [0.1, 0.15) is 50.8 Å². The van der Waals surface area contributed by atoms with Gasteiger partial charge in [0.2, 0.25) is 5.95 Å². The highest BCUT2D eigenvalue weighted by atomic mass is 127. The molecule has 10 heteroatoms. The molecule has 0 radical (unpaired) electrons. The van der Waals surface area contributed by atoms with Crippen molar-refractivity contribution in [3.8, 4) is 0 Å². The second-order valence-corrected chi connectivity index (χ2v) is 13.2. The zero-order valence-corrected chi connectivity index (χ0v) is 22.3. The molecule has 8 nitrogen and oxygen atoms in total. The first-order valence-corrected chi connectivity index (χ1v) is 13.4. The molecule has 2 N–H and O–H groups in total. The number of fused-ring (bicyclic) bond motifs is 2. The summed E-state index contributed by atoms with van der Waals surface area (Å²) in [6, 6.07) is 8.57. The average molecular weight is 580 g/mol. The van der Waals surface area contributed by atoms with E-state index in [1.807, 2.05) is 20.8 Å². The summed E-state index contributed by atoms with van der Waals surface area (Å²) in [4.78, 5) is 19.8. The Morgan fingerprint density at radius 1 is 1.24 bits per heavy atom. The molecule has 1 saturated heterocycles. The van der Waals surface area contributed by atoms with Crippen molar-refractivity contribution in [1.82, 2.24) is 24.5 Å². The maximum atomic E-state index is 13.1. The smallest absolute Gasteiger partial charge is 0.266 e. The van der Waals surface area contributed by atoms with Gasteiger partial charge in [-0.25, -0.2) is 8.93 Å². The van der Waals surface area contributed by atoms with Crippen LogP contribution in [0.3, 0.4) is 0 Å². The fourth-order valence-electron chi connectivity index (χ4n) is 5.17. The number of nitrogens with zero attached hydrogens (tertiary/aromatic N) is 4. The quantitative estimate of drug-likeness (QED) is 0.465. The predicted octanol–water partition coefficient (Wildman–Crippen LogP) is 3.20. The normalized spacial score (nSPS) is 21.0. The largest absolute Gasteiger partial charge is 0.342 e. The number of piperidine rings is 1. The molecule has 176 valence electrons. The number of aromatic nitrogens is 4. The van der Waals surface area contributed by atoms with E-state index in [0.29, 0.717) is 20.7 Å². The molecule has 1 aliphatic heterocycles. The van der Waals surface area contributed by atoms with E-state index in [2.05, 4.69) is 66.7 Å². The highest BCUT2D eigenvalue weighted by Gasteiger charge is 2.49. The third kappa shape index (κ3) is 3.83. The van der Waals surface area contributed by atoms with Crippen LogP contribution in [0.5, 0.6) is 0 Å². The molecule has 5 rings (SSSR count). The molecular formula is C23H29IN6O2S. The number of hydrogen-bond acceptors (Lipinski definition) is 5. The molecule has 0 saturated carbocycles. The lowest BCUT2D eigenvalue weighted by atomic mass is 9.73. The Labute approximate surface area is 209 Å². The van der Waals surface area contributed by atoms with Crippen molar-refractivity contribution in [2.75, 3.05) is 18.0 Å². The van der Waals surface area contributed by atoms with E-state index in [9.17, 15) is 9.00 Å².